The van der Waals surface area contributed by atoms with Gasteiger partial charge >= 0.3 is 0 Å². The van der Waals surface area contributed by atoms with Gasteiger partial charge in [-0.15, -0.1) is 0 Å². The van der Waals surface area contributed by atoms with Gasteiger partial charge in [-0.25, -0.2) is 0 Å². The van der Waals surface area contributed by atoms with E-state index < -0.39 is 0 Å². The van der Waals surface area contributed by atoms with Crippen LogP contribution in [0, 0.1) is 22.7 Å². The second-order valence-corrected chi connectivity index (χ2v) is 2.00. The van der Waals surface area contributed by atoms with Crippen molar-refractivity contribution in [2.75, 3.05) is 0 Å². The highest BCUT2D eigenvalue weighted by molar-refractivity contribution is 5.46. The van der Waals surface area contributed by atoms with Crippen molar-refractivity contribution >= 4 is 0 Å². The number of hydrogen-bond donors (Lipinski definition) is 0. The van der Waals surface area contributed by atoms with Crippen LogP contribution < -0.4 is 0 Å². The van der Waals surface area contributed by atoms with Crippen molar-refractivity contribution in [2.45, 2.75) is 13.8 Å². The van der Waals surface area contributed by atoms with E-state index in [0.29, 0.717) is 5.57 Å². The van der Waals surface area contributed by atoms with Crippen LogP contribution in [0.1, 0.15) is 13.8 Å². The Morgan fingerprint density at radius 1 is 1.20 bits per heavy atom. The molecule has 0 atom stereocenters. The second-order valence-electron chi connectivity index (χ2n) is 2.00. The van der Waals surface area contributed by atoms with Gasteiger partial charge in [0.25, 0.3) is 0 Å². The van der Waals surface area contributed by atoms with E-state index in [2.05, 4.69) is 6.58 Å². The minimum absolute atomic E-state index is 0.146. The highest BCUT2D eigenvalue weighted by atomic mass is 14.3. The van der Waals surface area contributed by atoms with Crippen molar-refractivity contribution in [2.24, 2.45) is 0 Å². The minimum atomic E-state index is 0.146. The van der Waals surface area contributed by atoms with Crippen LogP contribution in [0.3, 0.4) is 0 Å². The van der Waals surface area contributed by atoms with Gasteiger partial charge in [-0.05, 0) is 19.4 Å². The van der Waals surface area contributed by atoms with Gasteiger partial charge in [0, 0.05) is 0 Å². The summed E-state index contributed by atoms with van der Waals surface area (Å²) in [6.45, 7) is 7.09. The Balaban J connectivity index is 4.89. The van der Waals surface area contributed by atoms with E-state index >= 15 is 0 Å². The molecule has 0 rings (SSSR count). The molecule has 2 heteroatoms. The fourth-order valence-electron chi connectivity index (χ4n) is 0.406. The summed E-state index contributed by atoms with van der Waals surface area (Å²) >= 11 is 0. The highest BCUT2D eigenvalue weighted by Crippen LogP contribution is 2.09. The Hall–Kier alpha value is -1.54. The largest absolute Gasteiger partial charge is 0.192 e. The molecule has 0 bridgehead atoms. The topological polar surface area (TPSA) is 47.6 Å². The maximum Gasteiger partial charge on any atom is 0.132 e. The van der Waals surface area contributed by atoms with Crippen LogP contribution in [-0.4, -0.2) is 0 Å². The summed E-state index contributed by atoms with van der Waals surface area (Å²) in [6, 6.07) is 3.58. The van der Waals surface area contributed by atoms with Crippen molar-refractivity contribution in [3.63, 3.8) is 0 Å². The number of hydrogen-bond acceptors (Lipinski definition) is 2. The Labute approximate surface area is 60.7 Å². The van der Waals surface area contributed by atoms with E-state index in [-0.39, 0.29) is 5.57 Å². The maximum atomic E-state index is 8.37. The summed E-state index contributed by atoms with van der Waals surface area (Å²) < 4.78 is 0. The number of nitrogens with zero attached hydrogens (tertiary/aromatic N) is 2. The van der Waals surface area contributed by atoms with Crippen LogP contribution in [0.25, 0.3) is 0 Å². The zero-order chi connectivity index (χ0) is 8.15. The fourth-order valence-corrected chi connectivity index (χ4v) is 0.406. The van der Waals surface area contributed by atoms with E-state index in [1.807, 2.05) is 0 Å². The van der Waals surface area contributed by atoms with Gasteiger partial charge < -0.3 is 0 Å². The Bertz CT molecular complexity index is 242. The molecule has 0 N–H and O–H groups in total. The first-order valence-electron chi connectivity index (χ1n) is 2.80. The van der Waals surface area contributed by atoms with Gasteiger partial charge in [0.15, 0.2) is 0 Å². The lowest BCUT2D eigenvalue weighted by molar-refractivity contribution is 1.32. The maximum absolute atomic E-state index is 8.37. The second kappa shape index (κ2) is 3.48. The molecule has 0 aromatic heterocycles. The molecule has 0 aromatic rings. The molecule has 0 heterocycles. The summed E-state index contributed by atoms with van der Waals surface area (Å²) in [5, 5.41) is 16.7. The zero-order valence-electron chi connectivity index (χ0n) is 6.10. The quantitative estimate of drug-likeness (QED) is 0.404. The summed E-state index contributed by atoms with van der Waals surface area (Å²) in [4.78, 5) is 0. The molecule has 0 aliphatic carbocycles. The first-order valence-corrected chi connectivity index (χ1v) is 2.80. The monoisotopic (exact) mass is 132 g/mol. The average Bonchev–Trinajstić information content (AvgIpc) is 1.90. The third-order valence-corrected chi connectivity index (χ3v) is 1.24. The molecule has 0 amide bonds. The lowest BCUT2D eigenvalue weighted by atomic mass is 10.1. The number of allylic oxidation sites excluding steroid dienone is 3. The summed E-state index contributed by atoms with van der Waals surface area (Å²) in [5.74, 6) is 0. The Kier molecular flexibility index (Phi) is 2.94. The molecule has 2 nitrogen and oxygen atoms in total. The molecule has 0 saturated heterocycles. The van der Waals surface area contributed by atoms with Crippen LogP contribution in [0.4, 0.5) is 0 Å². The molecule has 0 spiro atoms. The predicted molar refractivity (Wildman–Crippen MR) is 38.7 cm³/mol. The Morgan fingerprint density at radius 2 is 1.60 bits per heavy atom. The van der Waals surface area contributed by atoms with E-state index in [9.17, 15) is 0 Å². The molecule has 0 aliphatic rings. The van der Waals surface area contributed by atoms with Crippen LogP contribution in [0.2, 0.25) is 0 Å². The van der Waals surface area contributed by atoms with Crippen molar-refractivity contribution < 1.29 is 0 Å². The molecule has 0 fully saturated rings. The van der Waals surface area contributed by atoms with Crippen molar-refractivity contribution in [3.8, 4) is 12.1 Å². The van der Waals surface area contributed by atoms with E-state index in [1.54, 1.807) is 26.0 Å². The molecule has 0 aliphatic heterocycles. The third kappa shape index (κ3) is 1.76. The van der Waals surface area contributed by atoms with Crippen LogP contribution in [0.15, 0.2) is 23.3 Å². The lowest BCUT2D eigenvalue weighted by Crippen LogP contribution is -1.82. The van der Waals surface area contributed by atoms with Gasteiger partial charge in [-0.1, -0.05) is 12.2 Å². The first-order chi connectivity index (χ1) is 4.63. The van der Waals surface area contributed by atoms with E-state index in [1.165, 1.54) is 0 Å². The van der Waals surface area contributed by atoms with Crippen LogP contribution >= 0.6 is 0 Å². The molecule has 0 unspecified atom stereocenters. The predicted octanol–water partition coefficient (Wildman–Crippen LogP) is 1.93. The number of nitriles is 2. The molecule has 0 saturated carbocycles. The van der Waals surface area contributed by atoms with Crippen LogP contribution in [-0.2, 0) is 0 Å². The average molecular weight is 132 g/mol. The third-order valence-electron chi connectivity index (χ3n) is 1.24. The zero-order valence-corrected chi connectivity index (χ0v) is 6.10. The van der Waals surface area contributed by atoms with Gasteiger partial charge in [0.1, 0.15) is 17.7 Å². The molecule has 0 radical (unpaired) electrons. The molecular formula is C8H8N2. The standard InChI is InChI=1S/C8H8N2/c1-6(2)7(3)8(4-9)5-10/h1H2,2-3H3. The highest BCUT2D eigenvalue weighted by Gasteiger charge is 1.98. The van der Waals surface area contributed by atoms with E-state index in [4.69, 9.17) is 10.5 Å². The minimum Gasteiger partial charge on any atom is -0.192 e. The molecule has 0 aromatic carbocycles. The van der Waals surface area contributed by atoms with Crippen molar-refractivity contribution in [1.82, 2.24) is 0 Å². The summed E-state index contributed by atoms with van der Waals surface area (Å²) in [6.07, 6.45) is 0. The number of rotatable bonds is 1. The van der Waals surface area contributed by atoms with Gasteiger partial charge in [-0.3, -0.25) is 0 Å². The van der Waals surface area contributed by atoms with Crippen molar-refractivity contribution in [3.05, 3.63) is 23.3 Å². The van der Waals surface area contributed by atoms with E-state index in [0.717, 1.165) is 5.57 Å². The first kappa shape index (κ1) is 8.46. The fraction of sp³-hybridized carbons (Fsp3) is 0.250. The Morgan fingerprint density at radius 3 is 1.70 bits per heavy atom. The molecule has 50 valence electrons. The smallest absolute Gasteiger partial charge is 0.132 e. The summed E-state index contributed by atoms with van der Waals surface area (Å²) in [7, 11) is 0. The van der Waals surface area contributed by atoms with Crippen LogP contribution in [0.5, 0.6) is 0 Å². The van der Waals surface area contributed by atoms with Crippen molar-refractivity contribution in [1.29, 1.82) is 10.5 Å². The summed E-state index contributed by atoms with van der Waals surface area (Å²) in [5.41, 5.74) is 1.58. The SMILES string of the molecule is C=C(C)C(C)=C(C#N)C#N. The normalized spacial score (nSPS) is 7.20. The molecular weight excluding hydrogens is 124 g/mol. The van der Waals surface area contributed by atoms with Gasteiger partial charge in [0.05, 0.1) is 0 Å². The molecule has 10 heavy (non-hydrogen) atoms. The lowest BCUT2D eigenvalue weighted by Gasteiger charge is -1.95. The van der Waals surface area contributed by atoms with Gasteiger partial charge in [0.2, 0.25) is 0 Å². The van der Waals surface area contributed by atoms with Gasteiger partial charge in [-0.2, -0.15) is 10.5 Å².